The van der Waals surface area contributed by atoms with Crippen molar-refractivity contribution in [2.24, 2.45) is 0 Å². The largest absolute Gasteiger partial charge is 0.467 e. The van der Waals surface area contributed by atoms with Crippen molar-refractivity contribution >= 4 is 24.1 Å². The quantitative estimate of drug-likeness (QED) is 0.339. The standard InChI is InChI=1S/C19H26N2O8/c1-26-16(22)14(20-18(24)28-3)11-7-8-12-15(17(23)27-2)21-19(25)29-13-9-5-4-6-10-13/h4-6,9-10,14-15H,7-8,11-12H2,1-3H3,(H,20,24)(H,21,25). The minimum atomic E-state index is -0.915. The number of ether oxygens (including phenoxy) is 4. The summed E-state index contributed by atoms with van der Waals surface area (Å²) in [5, 5.41) is 4.84. The van der Waals surface area contributed by atoms with E-state index < -0.39 is 36.2 Å². The summed E-state index contributed by atoms with van der Waals surface area (Å²) in [6.45, 7) is 0. The van der Waals surface area contributed by atoms with Crippen LogP contribution in [0.2, 0.25) is 0 Å². The number of amides is 2. The molecular weight excluding hydrogens is 384 g/mol. The van der Waals surface area contributed by atoms with Gasteiger partial charge in [-0.2, -0.15) is 0 Å². The lowest BCUT2D eigenvalue weighted by atomic mass is 10.0. The average molecular weight is 410 g/mol. The number of hydrogen-bond donors (Lipinski definition) is 2. The van der Waals surface area contributed by atoms with Gasteiger partial charge in [-0.05, 0) is 25.0 Å². The molecule has 29 heavy (non-hydrogen) atoms. The number of alkyl carbamates (subject to hydrolysis) is 1. The van der Waals surface area contributed by atoms with E-state index in [4.69, 9.17) is 9.47 Å². The van der Waals surface area contributed by atoms with E-state index >= 15 is 0 Å². The maximum atomic E-state index is 12.0. The Labute approximate surface area is 168 Å². The van der Waals surface area contributed by atoms with Crippen molar-refractivity contribution in [1.82, 2.24) is 10.6 Å². The first-order chi connectivity index (χ1) is 13.9. The van der Waals surface area contributed by atoms with E-state index in [2.05, 4.69) is 20.1 Å². The smallest absolute Gasteiger partial charge is 0.413 e. The number of carbonyl (C=O) groups excluding carboxylic acids is 4. The molecule has 0 aliphatic carbocycles. The average Bonchev–Trinajstić information content (AvgIpc) is 2.74. The molecule has 0 aliphatic heterocycles. The summed E-state index contributed by atoms with van der Waals surface area (Å²) >= 11 is 0. The van der Waals surface area contributed by atoms with Crippen LogP contribution in [0.1, 0.15) is 25.7 Å². The van der Waals surface area contributed by atoms with Crippen molar-refractivity contribution in [3.05, 3.63) is 30.3 Å². The summed E-state index contributed by atoms with van der Waals surface area (Å²) in [6.07, 6.45) is -0.0918. The lowest BCUT2D eigenvalue weighted by Gasteiger charge is -2.18. The lowest BCUT2D eigenvalue weighted by molar-refractivity contribution is -0.144. The number of para-hydroxylation sites is 1. The van der Waals surface area contributed by atoms with Crippen LogP contribution in [0.15, 0.2) is 30.3 Å². The first-order valence-corrected chi connectivity index (χ1v) is 8.94. The van der Waals surface area contributed by atoms with E-state index in [1.807, 2.05) is 0 Å². The van der Waals surface area contributed by atoms with Crippen molar-refractivity contribution in [3.63, 3.8) is 0 Å². The second-order valence-electron chi connectivity index (χ2n) is 5.92. The summed E-state index contributed by atoms with van der Waals surface area (Å²) in [7, 11) is 3.61. The third kappa shape index (κ3) is 8.96. The molecule has 0 heterocycles. The van der Waals surface area contributed by atoms with E-state index in [1.54, 1.807) is 30.3 Å². The molecule has 0 radical (unpaired) electrons. The summed E-state index contributed by atoms with van der Waals surface area (Å²) in [4.78, 5) is 47.0. The van der Waals surface area contributed by atoms with Crippen molar-refractivity contribution in [2.45, 2.75) is 37.8 Å². The molecule has 2 amide bonds. The fraction of sp³-hybridized carbons (Fsp3) is 0.474. The predicted molar refractivity (Wildman–Crippen MR) is 101 cm³/mol. The van der Waals surface area contributed by atoms with Gasteiger partial charge in [-0.25, -0.2) is 19.2 Å². The van der Waals surface area contributed by atoms with E-state index in [0.717, 1.165) is 0 Å². The van der Waals surface area contributed by atoms with Crippen LogP contribution in [0.5, 0.6) is 5.75 Å². The summed E-state index contributed by atoms with van der Waals surface area (Å²) in [5.74, 6) is -0.889. The Bertz CT molecular complexity index is 680. The van der Waals surface area contributed by atoms with Gasteiger partial charge >= 0.3 is 24.1 Å². The molecule has 2 unspecified atom stereocenters. The van der Waals surface area contributed by atoms with Crippen LogP contribution in [0.25, 0.3) is 0 Å². The van der Waals surface area contributed by atoms with Gasteiger partial charge in [0.1, 0.15) is 17.8 Å². The molecule has 10 nitrogen and oxygen atoms in total. The van der Waals surface area contributed by atoms with Gasteiger partial charge < -0.3 is 29.6 Å². The number of unbranched alkanes of at least 4 members (excludes halogenated alkanes) is 1. The van der Waals surface area contributed by atoms with Gasteiger partial charge in [0, 0.05) is 0 Å². The zero-order valence-electron chi connectivity index (χ0n) is 16.6. The number of esters is 2. The molecule has 10 heteroatoms. The number of methoxy groups -OCH3 is 3. The van der Waals surface area contributed by atoms with Crippen LogP contribution < -0.4 is 15.4 Å². The van der Waals surface area contributed by atoms with Crippen molar-refractivity contribution in [2.75, 3.05) is 21.3 Å². The zero-order chi connectivity index (χ0) is 21.6. The molecule has 0 spiro atoms. The first kappa shape index (κ1) is 23.7. The molecule has 0 fully saturated rings. The number of nitrogens with one attached hydrogen (secondary N) is 2. The van der Waals surface area contributed by atoms with Gasteiger partial charge in [0.2, 0.25) is 0 Å². The number of benzene rings is 1. The predicted octanol–water partition coefficient (Wildman–Crippen LogP) is 1.77. The van der Waals surface area contributed by atoms with Crippen LogP contribution in [0.3, 0.4) is 0 Å². The van der Waals surface area contributed by atoms with Gasteiger partial charge in [-0.1, -0.05) is 31.0 Å². The minimum Gasteiger partial charge on any atom is -0.467 e. The Hall–Kier alpha value is -3.30. The normalized spacial score (nSPS) is 12.1. The van der Waals surface area contributed by atoms with E-state index in [1.165, 1.54) is 21.3 Å². The van der Waals surface area contributed by atoms with E-state index in [-0.39, 0.29) is 12.8 Å². The highest BCUT2D eigenvalue weighted by atomic mass is 16.6. The van der Waals surface area contributed by atoms with Crippen molar-refractivity contribution in [1.29, 1.82) is 0 Å². The number of carbonyl (C=O) groups is 4. The Balaban J connectivity index is 2.53. The fourth-order valence-electron chi connectivity index (χ4n) is 2.45. The molecule has 0 saturated carbocycles. The lowest BCUT2D eigenvalue weighted by Crippen LogP contribution is -2.43. The summed E-state index contributed by atoms with van der Waals surface area (Å²) < 4.78 is 18.9. The van der Waals surface area contributed by atoms with Crippen LogP contribution in [-0.2, 0) is 23.8 Å². The molecule has 0 aromatic heterocycles. The molecule has 1 aromatic carbocycles. The maximum absolute atomic E-state index is 12.0. The van der Waals surface area contributed by atoms with Crippen LogP contribution in [-0.4, -0.2) is 57.5 Å². The third-order valence-corrected chi connectivity index (χ3v) is 3.93. The topological polar surface area (TPSA) is 129 Å². The van der Waals surface area contributed by atoms with Crippen LogP contribution in [0.4, 0.5) is 9.59 Å². The van der Waals surface area contributed by atoms with Gasteiger partial charge in [0.15, 0.2) is 0 Å². The van der Waals surface area contributed by atoms with Gasteiger partial charge in [0.05, 0.1) is 21.3 Å². The SMILES string of the molecule is COC(=O)NC(CCCCC(NC(=O)Oc1ccccc1)C(=O)OC)C(=O)OC. The van der Waals surface area contributed by atoms with E-state index in [0.29, 0.717) is 18.6 Å². The van der Waals surface area contributed by atoms with Crippen LogP contribution >= 0.6 is 0 Å². The molecule has 0 bridgehead atoms. The zero-order valence-corrected chi connectivity index (χ0v) is 16.6. The maximum Gasteiger partial charge on any atom is 0.413 e. The molecular formula is C19H26N2O8. The highest BCUT2D eigenvalue weighted by Gasteiger charge is 2.24. The Morgan fingerprint density at radius 2 is 1.24 bits per heavy atom. The molecule has 160 valence electrons. The van der Waals surface area contributed by atoms with Crippen molar-refractivity contribution in [3.8, 4) is 5.75 Å². The summed E-state index contributed by atoms with van der Waals surface area (Å²) in [5.41, 5.74) is 0. The van der Waals surface area contributed by atoms with Crippen LogP contribution in [0, 0.1) is 0 Å². The van der Waals surface area contributed by atoms with Gasteiger partial charge in [0.25, 0.3) is 0 Å². The Kier molecular flexibility index (Phi) is 10.6. The number of hydrogen-bond acceptors (Lipinski definition) is 8. The van der Waals surface area contributed by atoms with Gasteiger partial charge in [-0.3, -0.25) is 0 Å². The second-order valence-corrected chi connectivity index (χ2v) is 5.92. The Morgan fingerprint density at radius 1 is 0.759 bits per heavy atom. The summed E-state index contributed by atoms with van der Waals surface area (Å²) in [6, 6.07) is 6.61. The second kappa shape index (κ2) is 13.0. The monoisotopic (exact) mass is 410 g/mol. The molecule has 2 N–H and O–H groups in total. The molecule has 2 atom stereocenters. The molecule has 0 aliphatic rings. The highest BCUT2D eigenvalue weighted by molar-refractivity contribution is 5.82. The first-order valence-electron chi connectivity index (χ1n) is 8.94. The molecule has 0 saturated heterocycles. The third-order valence-electron chi connectivity index (χ3n) is 3.93. The minimum absolute atomic E-state index is 0.253. The Morgan fingerprint density at radius 3 is 1.69 bits per heavy atom. The molecule has 1 rings (SSSR count). The van der Waals surface area contributed by atoms with E-state index in [9.17, 15) is 19.2 Å². The molecule has 1 aromatic rings. The fourth-order valence-corrected chi connectivity index (χ4v) is 2.45. The highest BCUT2D eigenvalue weighted by Crippen LogP contribution is 2.11. The van der Waals surface area contributed by atoms with Gasteiger partial charge in [-0.15, -0.1) is 0 Å². The number of rotatable bonds is 10. The van der Waals surface area contributed by atoms with Crippen molar-refractivity contribution < 1.29 is 38.1 Å².